The van der Waals surface area contributed by atoms with Gasteiger partial charge in [0.05, 0.1) is 32.9 Å². The number of fused-ring (bicyclic) bond motifs is 2. The number of carbonyl (C=O) groups excluding carboxylic acids is 1. The van der Waals surface area contributed by atoms with Crippen LogP contribution in [0.2, 0.25) is 0 Å². The van der Waals surface area contributed by atoms with E-state index in [1.54, 1.807) is 42.7 Å². The highest BCUT2D eigenvalue weighted by Gasteiger charge is 2.34. The van der Waals surface area contributed by atoms with Crippen LogP contribution in [-0.4, -0.2) is 30.5 Å². The monoisotopic (exact) mass is 582 g/mol. The van der Waals surface area contributed by atoms with Crippen molar-refractivity contribution >= 4 is 39.3 Å². The summed E-state index contributed by atoms with van der Waals surface area (Å²) < 4.78 is 24.8. The van der Waals surface area contributed by atoms with Gasteiger partial charge in [0.15, 0.2) is 16.3 Å². The van der Waals surface area contributed by atoms with Crippen molar-refractivity contribution in [2.75, 3.05) is 20.0 Å². The number of hydrogen-bond acceptors (Lipinski definition) is 8. The third-order valence-electron chi connectivity index (χ3n) is 5.84. The van der Waals surface area contributed by atoms with Gasteiger partial charge in [-0.3, -0.25) is 9.36 Å². The van der Waals surface area contributed by atoms with E-state index < -0.39 is 12.0 Å². The largest absolute Gasteiger partial charge is 0.488 e. The Hall–Kier alpha value is -3.63. The molecule has 0 unspecified atom stereocenters. The van der Waals surface area contributed by atoms with Gasteiger partial charge in [0, 0.05) is 0 Å². The quantitative estimate of drug-likeness (QED) is 0.310. The van der Waals surface area contributed by atoms with E-state index in [1.807, 2.05) is 24.3 Å². The summed E-state index contributed by atoms with van der Waals surface area (Å²) in [6, 6.07) is 10.2. The van der Waals surface area contributed by atoms with E-state index in [0.29, 0.717) is 50.0 Å². The van der Waals surface area contributed by atoms with Crippen molar-refractivity contribution in [3.05, 3.63) is 95.6 Å². The van der Waals surface area contributed by atoms with Crippen LogP contribution in [0.3, 0.4) is 0 Å². The summed E-state index contributed by atoms with van der Waals surface area (Å²) in [6.07, 6.45) is 3.47. The van der Waals surface area contributed by atoms with E-state index >= 15 is 0 Å². The molecule has 190 valence electrons. The van der Waals surface area contributed by atoms with Crippen LogP contribution in [0.1, 0.15) is 31.0 Å². The molecule has 0 N–H and O–H groups in total. The Balaban J connectivity index is 1.65. The molecule has 10 heteroatoms. The van der Waals surface area contributed by atoms with E-state index in [0.717, 1.165) is 10.0 Å². The second kappa shape index (κ2) is 10.4. The first-order chi connectivity index (χ1) is 17.9. The maximum Gasteiger partial charge on any atom is 0.338 e. The smallest absolute Gasteiger partial charge is 0.338 e. The van der Waals surface area contributed by atoms with Crippen molar-refractivity contribution in [1.29, 1.82) is 0 Å². The van der Waals surface area contributed by atoms with Gasteiger partial charge >= 0.3 is 5.97 Å². The predicted octanol–water partition coefficient (Wildman–Crippen LogP) is 3.85. The number of rotatable bonds is 7. The Morgan fingerprint density at radius 3 is 2.84 bits per heavy atom. The summed E-state index contributed by atoms with van der Waals surface area (Å²) in [5.41, 5.74) is 2.06. The van der Waals surface area contributed by atoms with Crippen LogP contribution < -0.4 is 29.1 Å². The van der Waals surface area contributed by atoms with Crippen LogP contribution in [-0.2, 0) is 9.53 Å². The lowest BCUT2D eigenvalue weighted by Gasteiger charge is -2.24. The third kappa shape index (κ3) is 4.74. The molecule has 2 aromatic carbocycles. The number of nitrogens with zero attached hydrogens (tertiary/aromatic N) is 2. The van der Waals surface area contributed by atoms with Crippen LogP contribution in [0.4, 0.5) is 0 Å². The molecule has 0 saturated heterocycles. The van der Waals surface area contributed by atoms with Crippen LogP contribution in [0, 0.1) is 0 Å². The number of ether oxygens (including phenoxy) is 4. The number of halogens is 1. The van der Waals surface area contributed by atoms with E-state index in [9.17, 15) is 9.59 Å². The minimum Gasteiger partial charge on any atom is -0.488 e. The van der Waals surface area contributed by atoms with Crippen molar-refractivity contribution in [1.82, 2.24) is 4.57 Å². The Bertz CT molecular complexity index is 1620. The molecule has 3 aromatic rings. The summed E-state index contributed by atoms with van der Waals surface area (Å²) in [5.74, 6) is 1.33. The molecule has 2 aliphatic rings. The van der Waals surface area contributed by atoms with Gasteiger partial charge in [-0.1, -0.05) is 36.1 Å². The Labute approximate surface area is 224 Å². The highest BCUT2D eigenvalue weighted by atomic mass is 79.9. The van der Waals surface area contributed by atoms with Gasteiger partial charge in [-0.2, -0.15) is 0 Å². The molecule has 3 heterocycles. The molecular formula is C27H23BrN2O6S. The molecule has 0 bridgehead atoms. The molecule has 0 fully saturated rings. The van der Waals surface area contributed by atoms with Gasteiger partial charge in [-0.05, 0) is 71.2 Å². The summed E-state index contributed by atoms with van der Waals surface area (Å²) in [7, 11) is 0. The van der Waals surface area contributed by atoms with Crippen LogP contribution in [0.15, 0.2) is 74.6 Å². The van der Waals surface area contributed by atoms with Crippen molar-refractivity contribution in [3.8, 4) is 17.2 Å². The minimum atomic E-state index is -0.728. The first-order valence-electron chi connectivity index (χ1n) is 11.5. The van der Waals surface area contributed by atoms with Crippen molar-refractivity contribution in [2.45, 2.75) is 19.9 Å². The summed E-state index contributed by atoms with van der Waals surface area (Å²) in [5, 5.41) is 0. The van der Waals surface area contributed by atoms with E-state index in [2.05, 4.69) is 27.5 Å². The molecule has 37 heavy (non-hydrogen) atoms. The highest BCUT2D eigenvalue weighted by Crippen LogP contribution is 2.38. The zero-order valence-corrected chi connectivity index (χ0v) is 22.6. The second-order valence-corrected chi connectivity index (χ2v) is 10.1. The molecule has 1 atom stereocenters. The lowest BCUT2D eigenvalue weighted by Crippen LogP contribution is -2.39. The third-order valence-corrected chi connectivity index (χ3v) is 7.44. The molecule has 2 aliphatic heterocycles. The van der Waals surface area contributed by atoms with Gasteiger partial charge in [0.25, 0.3) is 5.56 Å². The highest BCUT2D eigenvalue weighted by molar-refractivity contribution is 9.10. The number of allylic oxidation sites excluding steroid dienone is 1. The fourth-order valence-electron chi connectivity index (χ4n) is 4.21. The number of esters is 1. The fraction of sp³-hybridized carbons (Fsp3) is 0.222. The Morgan fingerprint density at radius 1 is 1.27 bits per heavy atom. The molecule has 0 amide bonds. The Kier molecular flexibility index (Phi) is 7.03. The minimum absolute atomic E-state index is 0.119. The molecule has 8 nitrogen and oxygen atoms in total. The first kappa shape index (κ1) is 25.0. The normalized spacial score (nSPS) is 16.3. The van der Waals surface area contributed by atoms with Crippen molar-refractivity contribution in [3.63, 3.8) is 0 Å². The van der Waals surface area contributed by atoms with E-state index in [-0.39, 0.29) is 19.0 Å². The SMILES string of the molecule is C=CCOc1ccc(/C=c2/sc3n(c2=O)[C@H](c2ccc4c(c2)OCO4)C(C(=O)OCC)=C(C)N=3)cc1Br. The zero-order chi connectivity index (χ0) is 26.1. The molecule has 0 aliphatic carbocycles. The summed E-state index contributed by atoms with van der Waals surface area (Å²) in [4.78, 5) is 31.9. The first-order valence-corrected chi connectivity index (χ1v) is 13.1. The van der Waals surface area contributed by atoms with Crippen molar-refractivity contribution < 1.29 is 23.7 Å². The van der Waals surface area contributed by atoms with Crippen molar-refractivity contribution in [2.24, 2.45) is 4.99 Å². The lowest BCUT2D eigenvalue weighted by atomic mass is 9.95. The molecule has 5 rings (SSSR count). The van der Waals surface area contributed by atoms with E-state index in [4.69, 9.17) is 18.9 Å². The maximum absolute atomic E-state index is 13.8. The summed E-state index contributed by atoms with van der Waals surface area (Å²) in [6.45, 7) is 7.86. The summed E-state index contributed by atoms with van der Waals surface area (Å²) >= 11 is 4.78. The molecular weight excluding hydrogens is 560 g/mol. The second-order valence-electron chi connectivity index (χ2n) is 8.20. The number of thiazole rings is 1. The van der Waals surface area contributed by atoms with Crippen LogP contribution in [0.25, 0.3) is 6.08 Å². The number of hydrogen-bond donors (Lipinski definition) is 0. The fourth-order valence-corrected chi connectivity index (χ4v) is 5.77. The standard InChI is InChI=1S/C27H23BrN2O6S/c1-4-10-34-19-8-6-16(11-18(19)28)12-22-25(31)30-24(17-7-9-20-21(13-17)36-14-35-20)23(26(32)33-5-2)15(3)29-27(30)37-22/h4,6-9,11-13,24H,1,5,10,14H2,2-3H3/b22-12+/t24-/m1/s1. The average Bonchev–Trinajstić information content (AvgIpc) is 3.46. The maximum atomic E-state index is 13.8. The lowest BCUT2D eigenvalue weighted by molar-refractivity contribution is -0.139. The number of aromatic nitrogens is 1. The number of benzene rings is 2. The predicted molar refractivity (Wildman–Crippen MR) is 143 cm³/mol. The van der Waals surface area contributed by atoms with Gasteiger partial charge in [0.2, 0.25) is 6.79 Å². The van der Waals surface area contributed by atoms with Gasteiger partial charge in [-0.25, -0.2) is 9.79 Å². The number of carbonyl (C=O) groups is 1. The van der Waals surface area contributed by atoms with Gasteiger partial charge < -0.3 is 18.9 Å². The Morgan fingerprint density at radius 2 is 2.08 bits per heavy atom. The molecule has 1 aromatic heterocycles. The molecule has 0 radical (unpaired) electrons. The molecule has 0 saturated carbocycles. The van der Waals surface area contributed by atoms with Gasteiger partial charge in [-0.15, -0.1) is 0 Å². The molecule has 0 spiro atoms. The zero-order valence-electron chi connectivity index (χ0n) is 20.2. The van der Waals surface area contributed by atoms with Gasteiger partial charge in [0.1, 0.15) is 12.4 Å². The average molecular weight is 583 g/mol. The van der Waals surface area contributed by atoms with Crippen LogP contribution in [0.5, 0.6) is 17.2 Å². The topological polar surface area (TPSA) is 88.3 Å². The van der Waals surface area contributed by atoms with Crippen LogP contribution >= 0.6 is 27.3 Å². The van der Waals surface area contributed by atoms with E-state index in [1.165, 1.54) is 11.3 Å².